The molecular weight excluding hydrogens is 516 g/mol. The third-order valence-electron chi connectivity index (χ3n) is 6.03. The van der Waals surface area contributed by atoms with E-state index in [1.807, 2.05) is 4.98 Å². The van der Waals surface area contributed by atoms with Gasteiger partial charge in [0.25, 0.3) is 11.1 Å². The Kier molecular flexibility index (Phi) is 7.83. The lowest BCUT2D eigenvalue weighted by molar-refractivity contribution is -0.0562. The lowest BCUT2D eigenvalue weighted by Gasteiger charge is -2.19. The molecule has 0 spiro atoms. The highest BCUT2D eigenvalue weighted by molar-refractivity contribution is 5.85. The fraction of sp³-hybridized carbons (Fsp3) is 0.500. The SMILES string of the molecule is O=C(O)c1cc(=O)[nH]c(=O)n1[C@@H]1O[C@H](CO)[C@@H](O)[C@H]1O.O=c1[nH]cnc2c1ncn2[C@H]1C[C@H](O)[C@@H](CO)O1. The molecule has 5 rings (SSSR count). The molecule has 18 heteroatoms. The molecule has 5 heterocycles. The van der Waals surface area contributed by atoms with Crippen molar-refractivity contribution in [2.45, 2.75) is 49.4 Å². The van der Waals surface area contributed by atoms with Gasteiger partial charge in [-0.05, 0) is 0 Å². The van der Waals surface area contributed by atoms with Crippen LogP contribution in [0.25, 0.3) is 11.2 Å². The number of aromatic amines is 2. The van der Waals surface area contributed by atoms with Gasteiger partial charge in [-0.3, -0.25) is 23.7 Å². The first kappa shape index (κ1) is 27.3. The number of carboxylic acids is 1. The van der Waals surface area contributed by atoms with Gasteiger partial charge in [-0.25, -0.2) is 19.6 Å². The van der Waals surface area contributed by atoms with Gasteiger partial charge in [-0.1, -0.05) is 0 Å². The Bertz CT molecular complexity index is 1480. The second-order valence-electron chi connectivity index (χ2n) is 8.40. The molecular formula is C20H24N6O12. The van der Waals surface area contributed by atoms with Crippen LogP contribution >= 0.6 is 0 Å². The van der Waals surface area contributed by atoms with E-state index in [2.05, 4.69) is 15.0 Å². The minimum Gasteiger partial charge on any atom is -0.477 e. The summed E-state index contributed by atoms with van der Waals surface area (Å²) in [5.74, 6) is -1.58. The molecule has 2 fully saturated rings. The number of fused-ring (bicyclic) bond motifs is 1. The van der Waals surface area contributed by atoms with E-state index in [1.165, 1.54) is 12.7 Å². The Hall–Kier alpha value is -3.78. The van der Waals surface area contributed by atoms with Gasteiger partial charge in [0.15, 0.2) is 17.4 Å². The number of ether oxygens (including phenoxy) is 2. The van der Waals surface area contributed by atoms with E-state index in [0.29, 0.717) is 22.7 Å². The Labute approximate surface area is 210 Å². The normalized spacial score (nSPS) is 28.8. The molecule has 38 heavy (non-hydrogen) atoms. The quantitative estimate of drug-likeness (QED) is 0.152. The highest BCUT2D eigenvalue weighted by atomic mass is 16.6. The van der Waals surface area contributed by atoms with E-state index in [9.17, 15) is 34.5 Å². The van der Waals surface area contributed by atoms with Gasteiger partial charge in [0.2, 0.25) is 0 Å². The zero-order valence-corrected chi connectivity index (χ0v) is 19.3. The van der Waals surface area contributed by atoms with Crippen molar-refractivity contribution in [3.63, 3.8) is 0 Å². The first-order chi connectivity index (χ1) is 18.1. The molecule has 0 amide bonds. The van der Waals surface area contributed by atoms with Gasteiger partial charge in [-0.15, -0.1) is 0 Å². The molecule has 206 valence electrons. The number of hydrogen-bond acceptors (Lipinski definition) is 13. The summed E-state index contributed by atoms with van der Waals surface area (Å²) in [6.07, 6.45) is -4.59. The van der Waals surface area contributed by atoms with Gasteiger partial charge in [0.1, 0.15) is 36.3 Å². The van der Waals surface area contributed by atoms with Crippen LogP contribution in [0.3, 0.4) is 0 Å². The number of aliphatic hydroxyl groups excluding tert-OH is 5. The van der Waals surface area contributed by atoms with Crippen LogP contribution in [-0.2, 0) is 9.47 Å². The molecule has 0 unspecified atom stereocenters. The molecule has 2 aliphatic heterocycles. The van der Waals surface area contributed by atoms with E-state index in [0.717, 1.165) is 0 Å². The highest BCUT2D eigenvalue weighted by Gasteiger charge is 2.45. The van der Waals surface area contributed by atoms with Crippen LogP contribution in [0.2, 0.25) is 0 Å². The molecule has 7 atom stereocenters. The van der Waals surface area contributed by atoms with E-state index < -0.39 is 72.5 Å². The van der Waals surface area contributed by atoms with Gasteiger partial charge in [-0.2, -0.15) is 0 Å². The first-order valence-electron chi connectivity index (χ1n) is 11.1. The number of aliphatic hydroxyl groups is 5. The summed E-state index contributed by atoms with van der Waals surface area (Å²) in [6, 6.07) is 0.651. The molecule has 0 aromatic carbocycles. The number of aromatic carboxylic acids is 1. The monoisotopic (exact) mass is 540 g/mol. The standard InChI is InChI=1S/C10H12N4O4.C10H12N2O8/c15-2-6-5(16)1-7(18-6)14-4-13-8-9(14)11-3-12-10(8)17;13-2-4-6(15)7(16)8(20-4)12-3(9(17)18)1-5(14)11-10(12)19/h3-7,15-16H,1-2H2,(H,11,12,17);1,4,6-8,13,15-16H,2H2,(H,17,18)(H,11,14,19)/t5-,6+,7+;4-,6-,7-,8-/m01/s1. The van der Waals surface area contributed by atoms with Crippen molar-refractivity contribution in [2.24, 2.45) is 0 Å². The Balaban J connectivity index is 0.000000178. The molecule has 3 aromatic heterocycles. The van der Waals surface area contributed by atoms with Crippen LogP contribution in [-0.4, -0.2) is 109 Å². The Morgan fingerprint density at radius 3 is 2.37 bits per heavy atom. The Morgan fingerprint density at radius 2 is 1.76 bits per heavy atom. The zero-order valence-electron chi connectivity index (χ0n) is 19.3. The van der Waals surface area contributed by atoms with Crippen LogP contribution in [0.15, 0.2) is 33.1 Å². The molecule has 0 bridgehead atoms. The second-order valence-corrected chi connectivity index (χ2v) is 8.40. The fourth-order valence-corrected chi connectivity index (χ4v) is 4.14. The third kappa shape index (κ3) is 5.00. The number of nitrogens with one attached hydrogen (secondary N) is 2. The van der Waals surface area contributed by atoms with E-state index >= 15 is 0 Å². The molecule has 2 aliphatic rings. The van der Waals surface area contributed by atoms with Gasteiger partial charge in [0.05, 0.1) is 32.0 Å². The van der Waals surface area contributed by atoms with Crippen molar-refractivity contribution in [2.75, 3.05) is 13.2 Å². The second kappa shape index (κ2) is 10.9. The summed E-state index contributed by atoms with van der Waals surface area (Å²) in [7, 11) is 0. The van der Waals surface area contributed by atoms with Crippen molar-refractivity contribution >= 4 is 17.1 Å². The van der Waals surface area contributed by atoms with Crippen LogP contribution in [0.5, 0.6) is 0 Å². The summed E-state index contributed by atoms with van der Waals surface area (Å²) in [5, 5.41) is 56.0. The maximum Gasteiger partial charge on any atom is 0.352 e. The van der Waals surface area contributed by atoms with Crippen molar-refractivity contribution < 1.29 is 44.9 Å². The van der Waals surface area contributed by atoms with Gasteiger partial charge < -0.3 is 45.1 Å². The minimum absolute atomic E-state index is 0.225. The number of rotatable bonds is 5. The first-order valence-corrected chi connectivity index (χ1v) is 11.1. The van der Waals surface area contributed by atoms with Crippen molar-refractivity contribution in [1.82, 2.24) is 29.1 Å². The zero-order chi connectivity index (χ0) is 27.7. The molecule has 0 saturated carbocycles. The minimum atomic E-state index is -1.63. The number of H-pyrrole nitrogens is 2. The predicted molar refractivity (Wildman–Crippen MR) is 121 cm³/mol. The van der Waals surface area contributed by atoms with E-state index in [1.54, 1.807) is 4.57 Å². The summed E-state index contributed by atoms with van der Waals surface area (Å²) < 4.78 is 12.6. The van der Waals surface area contributed by atoms with Gasteiger partial charge >= 0.3 is 11.7 Å². The predicted octanol–water partition coefficient (Wildman–Crippen LogP) is -4.39. The maximum absolute atomic E-state index is 11.7. The summed E-state index contributed by atoms with van der Waals surface area (Å²) in [4.78, 5) is 57.7. The van der Waals surface area contributed by atoms with Crippen LogP contribution in [0, 0.1) is 0 Å². The Morgan fingerprint density at radius 1 is 1.05 bits per heavy atom. The number of carbonyl (C=O) groups is 1. The molecule has 0 aliphatic carbocycles. The van der Waals surface area contributed by atoms with Gasteiger partial charge in [0, 0.05) is 12.5 Å². The lowest BCUT2D eigenvalue weighted by Crippen LogP contribution is -2.40. The van der Waals surface area contributed by atoms with Crippen molar-refractivity contribution in [3.8, 4) is 0 Å². The smallest absolute Gasteiger partial charge is 0.352 e. The van der Waals surface area contributed by atoms with Crippen molar-refractivity contribution in [1.29, 1.82) is 0 Å². The topological polar surface area (TPSA) is 275 Å². The molecule has 18 nitrogen and oxygen atoms in total. The number of carboxylic acid groups (broad SMARTS) is 1. The number of nitrogens with zero attached hydrogens (tertiary/aromatic N) is 4. The average molecular weight is 540 g/mol. The molecule has 8 N–H and O–H groups in total. The average Bonchev–Trinajstić information content (AvgIpc) is 3.55. The third-order valence-corrected chi connectivity index (χ3v) is 6.03. The van der Waals surface area contributed by atoms with Crippen molar-refractivity contribution in [3.05, 3.63) is 55.6 Å². The molecule has 0 radical (unpaired) electrons. The highest BCUT2D eigenvalue weighted by Crippen LogP contribution is 2.30. The molecule has 3 aromatic rings. The van der Waals surface area contributed by atoms with E-state index in [4.69, 9.17) is 24.8 Å². The summed E-state index contributed by atoms with van der Waals surface area (Å²) >= 11 is 0. The van der Waals surface area contributed by atoms with Crippen LogP contribution < -0.4 is 16.8 Å². The van der Waals surface area contributed by atoms with E-state index in [-0.39, 0.29) is 17.7 Å². The summed E-state index contributed by atoms with van der Waals surface area (Å²) in [5.41, 5.74) is -2.43. The fourth-order valence-electron chi connectivity index (χ4n) is 4.14. The van der Waals surface area contributed by atoms with Crippen LogP contribution in [0.1, 0.15) is 29.4 Å². The lowest BCUT2D eigenvalue weighted by atomic mass is 10.1. The number of imidazole rings is 1. The number of hydrogen-bond donors (Lipinski definition) is 8. The largest absolute Gasteiger partial charge is 0.477 e. The van der Waals surface area contributed by atoms with Crippen LogP contribution in [0.4, 0.5) is 0 Å². The maximum atomic E-state index is 11.7. The molecule has 2 saturated heterocycles. The number of aromatic nitrogens is 6. The summed E-state index contributed by atoms with van der Waals surface area (Å²) in [6.45, 7) is -0.881.